The first-order valence-electron chi connectivity index (χ1n) is 6.00. The molecule has 0 radical (unpaired) electrons. The zero-order chi connectivity index (χ0) is 14.1. The Labute approximate surface area is 126 Å². The van der Waals surface area contributed by atoms with E-state index >= 15 is 0 Å². The van der Waals surface area contributed by atoms with E-state index in [0.29, 0.717) is 15.7 Å². The predicted octanol–water partition coefficient (Wildman–Crippen LogP) is 4.87. The number of anilines is 3. The van der Waals surface area contributed by atoms with Gasteiger partial charge in [-0.05, 0) is 42.5 Å². The van der Waals surface area contributed by atoms with Crippen molar-refractivity contribution in [3.05, 3.63) is 58.7 Å². The van der Waals surface area contributed by atoms with Crippen LogP contribution in [-0.4, -0.2) is 4.98 Å². The van der Waals surface area contributed by atoms with Crippen LogP contribution in [0.15, 0.2) is 48.7 Å². The van der Waals surface area contributed by atoms with Crippen LogP contribution >= 0.6 is 23.2 Å². The Kier molecular flexibility index (Phi) is 3.38. The highest BCUT2D eigenvalue weighted by Gasteiger charge is 2.07. The molecule has 0 saturated heterocycles. The first-order valence-corrected chi connectivity index (χ1v) is 6.76. The molecule has 3 N–H and O–H groups in total. The first kappa shape index (κ1) is 13.0. The van der Waals surface area contributed by atoms with Gasteiger partial charge in [-0.25, -0.2) is 0 Å². The second kappa shape index (κ2) is 5.19. The minimum absolute atomic E-state index is 0.545. The standard InChI is InChI=1S/C15H11Cl2N3/c16-9-3-4-13(11(17)8-9)20-14-6-5-12-10(15(14)18)2-1-7-19-12/h1-8,20H,18H2. The van der Waals surface area contributed by atoms with Gasteiger partial charge in [-0.1, -0.05) is 23.2 Å². The summed E-state index contributed by atoms with van der Waals surface area (Å²) in [6, 6.07) is 12.9. The number of hydrogen-bond acceptors (Lipinski definition) is 3. The van der Waals surface area contributed by atoms with E-state index in [1.807, 2.05) is 30.3 Å². The lowest BCUT2D eigenvalue weighted by atomic mass is 10.1. The molecule has 20 heavy (non-hydrogen) atoms. The highest BCUT2D eigenvalue weighted by molar-refractivity contribution is 6.36. The number of rotatable bonds is 2. The molecule has 1 heterocycles. The molecule has 0 saturated carbocycles. The third kappa shape index (κ3) is 2.38. The number of aromatic nitrogens is 1. The lowest BCUT2D eigenvalue weighted by Gasteiger charge is -2.12. The number of halogens is 2. The molecule has 0 amide bonds. The molecule has 1 aromatic heterocycles. The summed E-state index contributed by atoms with van der Waals surface area (Å²) in [7, 11) is 0. The summed E-state index contributed by atoms with van der Waals surface area (Å²) in [5, 5.41) is 5.26. The van der Waals surface area contributed by atoms with Crippen LogP contribution in [0.2, 0.25) is 10.0 Å². The van der Waals surface area contributed by atoms with Crippen LogP contribution in [0.3, 0.4) is 0 Å². The van der Waals surface area contributed by atoms with Crippen LogP contribution in [0.1, 0.15) is 0 Å². The Morgan fingerprint density at radius 2 is 1.80 bits per heavy atom. The van der Waals surface area contributed by atoms with Crippen molar-refractivity contribution in [3.63, 3.8) is 0 Å². The van der Waals surface area contributed by atoms with Crippen LogP contribution < -0.4 is 11.1 Å². The summed E-state index contributed by atoms with van der Waals surface area (Å²) in [4.78, 5) is 4.27. The van der Waals surface area contributed by atoms with Crippen LogP contribution in [0.5, 0.6) is 0 Å². The Bertz CT molecular complexity index is 787. The molecular formula is C15H11Cl2N3. The highest BCUT2D eigenvalue weighted by Crippen LogP contribution is 2.33. The summed E-state index contributed by atoms with van der Waals surface area (Å²) in [5.41, 5.74) is 9.22. The average Bonchev–Trinajstić information content (AvgIpc) is 2.45. The maximum Gasteiger partial charge on any atom is 0.0724 e. The van der Waals surface area contributed by atoms with Gasteiger partial charge in [0.05, 0.1) is 27.6 Å². The van der Waals surface area contributed by atoms with Crippen molar-refractivity contribution in [1.29, 1.82) is 0 Å². The van der Waals surface area contributed by atoms with Gasteiger partial charge in [0.1, 0.15) is 0 Å². The molecule has 0 unspecified atom stereocenters. The Hall–Kier alpha value is -1.97. The number of nitrogen functional groups attached to an aromatic ring is 1. The SMILES string of the molecule is Nc1c(Nc2ccc(Cl)cc2Cl)ccc2ncccc12. The number of nitrogens with zero attached hydrogens (tertiary/aromatic N) is 1. The van der Waals surface area contributed by atoms with Gasteiger partial charge in [0.2, 0.25) is 0 Å². The number of fused-ring (bicyclic) bond motifs is 1. The molecule has 3 aromatic rings. The first-order chi connectivity index (χ1) is 9.65. The normalized spacial score (nSPS) is 10.7. The number of benzene rings is 2. The fourth-order valence-electron chi connectivity index (χ4n) is 2.02. The topological polar surface area (TPSA) is 50.9 Å². The fourth-order valence-corrected chi connectivity index (χ4v) is 2.48. The molecular weight excluding hydrogens is 293 g/mol. The van der Waals surface area contributed by atoms with Gasteiger partial charge in [-0.3, -0.25) is 4.98 Å². The Morgan fingerprint density at radius 1 is 1.00 bits per heavy atom. The molecule has 0 bridgehead atoms. The summed E-state index contributed by atoms with van der Waals surface area (Å²) in [6.07, 6.45) is 1.74. The van der Waals surface area contributed by atoms with Crippen molar-refractivity contribution in [2.24, 2.45) is 0 Å². The van der Waals surface area contributed by atoms with E-state index in [2.05, 4.69) is 10.3 Å². The minimum atomic E-state index is 0.545. The molecule has 0 aliphatic heterocycles. The largest absolute Gasteiger partial charge is 0.396 e. The number of nitrogens with one attached hydrogen (secondary N) is 1. The summed E-state index contributed by atoms with van der Waals surface area (Å²) in [6.45, 7) is 0. The summed E-state index contributed by atoms with van der Waals surface area (Å²) < 4.78 is 0. The zero-order valence-corrected chi connectivity index (χ0v) is 11.9. The van der Waals surface area contributed by atoms with Crippen LogP contribution in [-0.2, 0) is 0 Å². The molecule has 0 aliphatic carbocycles. The smallest absolute Gasteiger partial charge is 0.0724 e. The minimum Gasteiger partial charge on any atom is -0.396 e. The number of hydrogen-bond donors (Lipinski definition) is 2. The third-order valence-corrected chi connectivity index (χ3v) is 3.58. The zero-order valence-electron chi connectivity index (χ0n) is 10.4. The lowest BCUT2D eigenvalue weighted by Crippen LogP contribution is -1.98. The van der Waals surface area contributed by atoms with Gasteiger partial charge >= 0.3 is 0 Å². The van der Waals surface area contributed by atoms with Crippen molar-refractivity contribution in [3.8, 4) is 0 Å². The van der Waals surface area contributed by atoms with E-state index in [-0.39, 0.29) is 0 Å². The van der Waals surface area contributed by atoms with E-state index in [1.165, 1.54) is 0 Å². The molecule has 0 fully saturated rings. The fraction of sp³-hybridized carbons (Fsp3) is 0. The summed E-state index contributed by atoms with van der Waals surface area (Å²) >= 11 is 12.0. The molecule has 5 heteroatoms. The van der Waals surface area contributed by atoms with Crippen LogP contribution in [0, 0.1) is 0 Å². The van der Waals surface area contributed by atoms with Gasteiger partial charge in [0.15, 0.2) is 0 Å². The molecule has 2 aromatic carbocycles. The average molecular weight is 304 g/mol. The van der Waals surface area contributed by atoms with E-state index in [9.17, 15) is 0 Å². The van der Waals surface area contributed by atoms with Crippen molar-refractivity contribution < 1.29 is 0 Å². The molecule has 0 spiro atoms. The van der Waals surface area contributed by atoms with Gasteiger partial charge < -0.3 is 11.1 Å². The van der Waals surface area contributed by atoms with Crippen molar-refractivity contribution in [1.82, 2.24) is 4.98 Å². The van der Waals surface area contributed by atoms with Gasteiger partial charge in [-0.2, -0.15) is 0 Å². The second-order valence-electron chi connectivity index (χ2n) is 4.35. The predicted molar refractivity (Wildman–Crippen MR) is 85.9 cm³/mol. The van der Waals surface area contributed by atoms with Crippen molar-refractivity contribution in [2.75, 3.05) is 11.1 Å². The van der Waals surface area contributed by atoms with Crippen LogP contribution in [0.4, 0.5) is 17.1 Å². The monoisotopic (exact) mass is 303 g/mol. The number of pyridine rings is 1. The van der Waals surface area contributed by atoms with Gasteiger partial charge in [0.25, 0.3) is 0 Å². The second-order valence-corrected chi connectivity index (χ2v) is 5.19. The molecule has 3 rings (SSSR count). The maximum atomic E-state index is 6.18. The molecule has 100 valence electrons. The summed E-state index contributed by atoms with van der Waals surface area (Å²) in [5.74, 6) is 0. The van der Waals surface area contributed by atoms with E-state index in [0.717, 1.165) is 22.3 Å². The van der Waals surface area contributed by atoms with Crippen molar-refractivity contribution in [2.45, 2.75) is 0 Å². The molecule has 0 aliphatic rings. The van der Waals surface area contributed by atoms with E-state index in [1.54, 1.807) is 18.3 Å². The quantitative estimate of drug-likeness (QED) is 0.664. The maximum absolute atomic E-state index is 6.18. The number of nitrogens with two attached hydrogens (primary N) is 1. The van der Waals surface area contributed by atoms with Gasteiger partial charge in [-0.15, -0.1) is 0 Å². The Balaban J connectivity index is 2.04. The molecule has 0 atom stereocenters. The van der Waals surface area contributed by atoms with Gasteiger partial charge in [0, 0.05) is 16.6 Å². The van der Waals surface area contributed by atoms with E-state index in [4.69, 9.17) is 28.9 Å². The van der Waals surface area contributed by atoms with Crippen LogP contribution in [0.25, 0.3) is 10.9 Å². The Morgan fingerprint density at radius 3 is 2.60 bits per heavy atom. The molecule has 3 nitrogen and oxygen atoms in total. The third-order valence-electron chi connectivity index (χ3n) is 3.03. The lowest BCUT2D eigenvalue weighted by molar-refractivity contribution is 1.41. The highest BCUT2D eigenvalue weighted by atomic mass is 35.5. The van der Waals surface area contributed by atoms with Crippen molar-refractivity contribution >= 4 is 51.2 Å². The van der Waals surface area contributed by atoms with E-state index < -0.39 is 0 Å².